The highest BCUT2D eigenvalue weighted by molar-refractivity contribution is 7.05. The van der Waals surface area contributed by atoms with Crippen LogP contribution in [0.5, 0.6) is 5.75 Å². The van der Waals surface area contributed by atoms with E-state index in [-0.39, 0.29) is 17.8 Å². The highest BCUT2D eigenvalue weighted by Crippen LogP contribution is 2.35. The maximum absolute atomic E-state index is 13.7. The zero-order chi connectivity index (χ0) is 15.4. The number of ether oxygens (including phenoxy) is 1. The highest BCUT2D eigenvalue weighted by atomic mass is 32.1. The van der Waals surface area contributed by atoms with Crippen LogP contribution in [0, 0.1) is 5.82 Å². The molecule has 2 rings (SSSR count). The summed E-state index contributed by atoms with van der Waals surface area (Å²) in [6, 6.07) is 4.40. The molecule has 21 heavy (non-hydrogen) atoms. The van der Waals surface area contributed by atoms with Crippen LogP contribution in [-0.2, 0) is 0 Å². The fourth-order valence-electron chi connectivity index (χ4n) is 2.28. The Hall–Kier alpha value is -1.53. The van der Waals surface area contributed by atoms with Gasteiger partial charge in [-0.15, -0.1) is 5.10 Å². The maximum atomic E-state index is 13.7. The number of halogens is 1. The summed E-state index contributed by atoms with van der Waals surface area (Å²) in [4.78, 5) is 1.01. The van der Waals surface area contributed by atoms with Crippen molar-refractivity contribution >= 4 is 11.5 Å². The van der Waals surface area contributed by atoms with Gasteiger partial charge in [-0.05, 0) is 42.2 Å². The van der Waals surface area contributed by atoms with Crippen molar-refractivity contribution in [3.63, 3.8) is 0 Å². The molecule has 6 heteroatoms. The molecule has 1 atom stereocenters. The summed E-state index contributed by atoms with van der Waals surface area (Å²) in [6.07, 6.45) is 0. The second-order valence-corrected chi connectivity index (χ2v) is 5.84. The molecule has 1 aromatic carbocycles. The molecule has 0 aliphatic rings. The molecule has 0 amide bonds. The molecule has 0 fully saturated rings. The zero-order valence-electron chi connectivity index (χ0n) is 12.7. The molecule has 0 aliphatic heterocycles. The lowest BCUT2D eigenvalue weighted by atomic mass is 9.99. The third-order valence-corrected chi connectivity index (χ3v) is 4.07. The first kappa shape index (κ1) is 15.9. The largest absolute Gasteiger partial charge is 0.496 e. The summed E-state index contributed by atoms with van der Waals surface area (Å²) in [6.45, 7) is 6.92. The number of hydrogen-bond acceptors (Lipinski definition) is 5. The van der Waals surface area contributed by atoms with Gasteiger partial charge in [-0.1, -0.05) is 25.3 Å². The number of methoxy groups -OCH3 is 1. The van der Waals surface area contributed by atoms with Crippen molar-refractivity contribution in [2.75, 3.05) is 13.7 Å². The van der Waals surface area contributed by atoms with E-state index in [1.54, 1.807) is 13.2 Å². The maximum Gasteiger partial charge on any atom is 0.124 e. The van der Waals surface area contributed by atoms with Crippen LogP contribution in [-0.4, -0.2) is 23.2 Å². The van der Waals surface area contributed by atoms with Gasteiger partial charge in [-0.3, -0.25) is 0 Å². The normalized spacial score (nSPS) is 12.7. The monoisotopic (exact) mass is 309 g/mol. The summed E-state index contributed by atoms with van der Waals surface area (Å²) >= 11 is 1.34. The molecule has 0 aliphatic carbocycles. The number of benzene rings is 1. The van der Waals surface area contributed by atoms with Crippen molar-refractivity contribution in [2.24, 2.45) is 0 Å². The summed E-state index contributed by atoms with van der Waals surface area (Å²) in [5.74, 6) is 0.641. The van der Waals surface area contributed by atoms with E-state index in [4.69, 9.17) is 4.74 Å². The van der Waals surface area contributed by atoms with Gasteiger partial charge in [-0.2, -0.15) is 0 Å². The van der Waals surface area contributed by atoms with Gasteiger partial charge in [0.15, 0.2) is 0 Å². The van der Waals surface area contributed by atoms with Crippen molar-refractivity contribution in [1.82, 2.24) is 14.9 Å². The summed E-state index contributed by atoms with van der Waals surface area (Å²) < 4.78 is 23.1. The van der Waals surface area contributed by atoms with Gasteiger partial charge in [0.05, 0.1) is 23.7 Å². The van der Waals surface area contributed by atoms with Crippen molar-refractivity contribution in [1.29, 1.82) is 0 Å². The van der Waals surface area contributed by atoms with E-state index in [2.05, 4.69) is 28.8 Å². The predicted octanol–water partition coefficient (Wildman–Crippen LogP) is 3.51. The van der Waals surface area contributed by atoms with Crippen molar-refractivity contribution < 1.29 is 9.13 Å². The number of rotatable bonds is 6. The van der Waals surface area contributed by atoms with Crippen LogP contribution < -0.4 is 10.1 Å². The van der Waals surface area contributed by atoms with Crippen LogP contribution in [0.1, 0.15) is 48.9 Å². The lowest BCUT2D eigenvalue weighted by Gasteiger charge is -2.21. The summed E-state index contributed by atoms with van der Waals surface area (Å²) in [5, 5.41) is 7.60. The fourth-order valence-corrected chi connectivity index (χ4v) is 3.19. The molecule has 1 unspecified atom stereocenters. The van der Waals surface area contributed by atoms with Gasteiger partial charge in [0.25, 0.3) is 0 Å². The van der Waals surface area contributed by atoms with E-state index in [1.165, 1.54) is 23.7 Å². The topological polar surface area (TPSA) is 47.0 Å². The molecular formula is C15H20FN3OS. The molecule has 0 radical (unpaired) electrons. The molecule has 0 bridgehead atoms. The Labute approximate surface area is 128 Å². The lowest BCUT2D eigenvalue weighted by molar-refractivity contribution is 0.403. The van der Waals surface area contributed by atoms with Crippen molar-refractivity contribution in [3.8, 4) is 5.75 Å². The van der Waals surface area contributed by atoms with Crippen molar-refractivity contribution in [2.45, 2.75) is 32.7 Å². The van der Waals surface area contributed by atoms with E-state index in [0.29, 0.717) is 5.75 Å². The highest BCUT2D eigenvalue weighted by Gasteiger charge is 2.25. The van der Waals surface area contributed by atoms with Crippen LogP contribution in [0.25, 0.3) is 0 Å². The zero-order valence-corrected chi connectivity index (χ0v) is 13.5. The second-order valence-electron chi connectivity index (χ2n) is 5.05. The lowest BCUT2D eigenvalue weighted by Crippen LogP contribution is -2.23. The minimum absolute atomic E-state index is 0.168. The van der Waals surface area contributed by atoms with Gasteiger partial charge >= 0.3 is 0 Å². The standard InChI is InChI=1S/C15H20FN3OS/c1-5-17-14(15-13(9(2)3)18-19-21-15)11-8-10(16)6-7-12(11)20-4/h6-9,14,17H,5H2,1-4H3. The van der Waals surface area contributed by atoms with E-state index in [9.17, 15) is 4.39 Å². The van der Waals surface area contributed by atoms with Crippen LogP contribution in [0.2, 0.25) is 0 Å². The van der Waals surface area contributed by atoms with E-state index < -0.39 is 0 Å². The minimum Gasteiger partial charge on any atom is -0.496 e. The first-order chi connectivity index (χ1) is 10.1. The van der Waals surface area contributed by atoms with Crippen LogP contribution in [0.4, 0.5) is 4.39 Å². The summed E-state index contributed by atoms with van der Waals surface area (Å²) in [7, 11) is 1.59. The number of hydrogen-bond donors (Lipinski definition) is 1. The molecule has 1 heterocycles. The minimum atomic E-state index is -0.280. The number of aromatic nitrogens is 2. The van der Waals surface area contributed by atoms with Gasteiger partial charge in [0, 0.05) is 5.56 Å². The van der Waals surface area contributed by atoms with Crippen LogP contribution >= 0.6 is 11.5 Å². The van der Waals surface area contributed by atoms with Gasteiger partial charge in [0.2, 0.25) is 0 Å². The van der Waals surface area contributed by atoms with Crippen LogP contribution in [0.3, 0.4) is 0 Å². The fraction of sp³-hybridized carbons (Fsp3) is 0.467. The molecule has 2 aromatic rings. The number of nitrogens with one attached hydrogen (secondary N) is 1. The average Bonchev–Trinajstić information content (AvgIpc) is 2.94. The van der Waals surface area contributed by atoms with Crippen LogP contribution in [0.15, 0.2) is 18.2 Å². The molecule has 114 valence electrons. The molecule has 0 saturated heterocycles. The van der Waals surface area contributed by atoms with Gasteiger partial charge in [-0.25, -0.2) is 4.39 Å². The molecule has 0 saturated carbocycles. The Morgan fingerprint density at radius 1 is 1.38 bits per heavy atom. The Morgan fingerprint density at radius 2 is 2.14 bits per heavy atom. The number of nitrogens with zero attached hydrogens (tertiary/aromatic N) is 2. The smallest absolute Gasteiger partial charge is 0.124 e. The third kappa shape index (κ3) is 3.39. The predicted molar refractivity (Wildman–Crippen MR) is 82.5 cm³/mol. The SMILES string of the molecule is CCNC(c1cc(F)ccc1OC)c1snnc1C(C)C. The van der Waals surface area contributed by atoms with Crippen molar-refractivity contribution in [3.05, 3.63) is 40.2 Å². The first-order valence-corrected chi connectivity index (χ1v) is 7.74. The first-order valence-electron chi connectivity index (χ1n) is 6.97. The van der Waals surface area contributed by atoms with E-state index in [0.717, 1.165) is 22.7 Å². The van der Waals surface area contributed by atoms with E-state index >= 15 is 0 Å². The Kier molecular flexibility index (Phi) is 5.25. The Balaban J connectivity index is 2.53. The molecule has 1 aromatic heterocycles. The molecular weight excluding hydrogens is 289 g/mol. The second kappa shape index (κ2) is 6.95. The molecule has 4 nitrogen and oxygen atoms in total. The molecule has 1 N–H and O–H groups in total. The Bertz CT molecular complexity index is 600. The quantitative estimate of drug-likeness (QED) is 0.887. The third-order valence-electron chi connectivity index (χ3n) is 3.26. The Morgan fingerprint density at radius 3 is 2.76 bits per heavy atom. The van der Waals surface area contributed by atoms with Gasteiger partial charge < -0.3 is 10.1 Å². The molecule has 0 spiro atoms. The van der Waals surface area contributed by atoms with Gasteiger partial charge in [0.1, 0.15) is 11.6 Å². The van der Waals surface area contributed by atoms with E-state index in [1.807, 2.05) is 6.92 Å². The average molecular weight is 309 g/mol. The summed E-state index contributed by atoms with van der Waals surface area (Å²) in [5.41, 5.74) is 1.71.